The van der Waals surface area contributed by atoms with Crippen LogP contribution in [0.5, 0.6) is 0 Å². The summed E-state index contributed by atoms with van der Waals surface area (Å²) in [7, 11) is 2.12. The van der Waals surface area contributed by atoms with Gasteiger partial charge in [0.25, 0.3) is 5.91 Å². The van der Waals surface area contributed by atoms with E-state index in [0.29, 0.717) is 22.2 Å². The predicted octanol–water partition coefficient (Wildman–Crippen LogP) is 6.01. The van der Waals surface area contributed by atoms with Crippen LogP contribution in [0.1, 0.15) is 53.7 Å². The maximum absolute atomic E-state index is 13.8. The van der Waals surface area contributed by atoms with Crippen molar-refractivity contribution in [2.75, 3.05) is 39.8 Å². The molecule has 2 amide bonds. The van der Waals surface area contributed by atoms with Crippen molar-refractivity contribution in [2.24, 2.45) is 0 Å². The van der Waals surface area contributed by atoms with Gasteiger partial charge < -0.3 is 15.1 Å². The molecule has 1 N–H and O–H groups in total. The number of piperazine rings is 1. The molecule has 2 aliphatic heterocycles. The van der Waals surface area contributed by atoms with Crippen LogP contribution in [0.3, 0.4) is 0 Å². The Kier molecular flexibility index (Phi) is 9.35. The van der Waals surface area contributed by atoms with Crippen LogP contribution in [0.2, 0.25) is 10.0 Å². The predicted molar refractivity (Wildman–Crippen MR) is 165 cm³/mol. The zero-order valence-electron chi connectivity index (χ0n) is 23.7. The van der Waals surface area contributed by atoms with Gasteiger partial charge in [0.15, 0.2) is 0 Å². The standard InChI is InChI=1S/C33H38Cl2N4O2/c1-24(40)36-33(27-11-7-4-8-12-27)16-19-38(20-17-33)18-15-30-31(26-13-14-28(34)29(35)23-26)37(2)21-22-39(30)32(41)25-9-5-3-6-10-25/h3-14,23,30-31H,15-22H2,1-2H3,(H,36,40). The third-order valence-electron chi connectivity index (χ3n) is 8.69. The van der Waals surface area contributed by atoms with E-state index in [9.17, 15) is 9.59 Å². The molecule has 2 saturated heterocycles. The average Bonchev–Trinajstić information content (AvgIpc) is 2.98. The maximum atomic E-state index is 13.8. The van der Waals surface area contributed by atoms with Crippen molar-refractivity contribution in [3.63, 3.8) is 0 Å². The first-order chi connectivity index (χ1) is 19.8. The maximum Gasteiger partial charge on any atom is 0.254 e. The quantitative estimate of drug-likeness (QED) is 0.365. The molecule has 2 heterocycles. The molecule has 216 valence electrons. The highest BCUT2D eigenvalue weighted by Gasteiger charge is 2.40. The number of hydrogen-bond acceptors (Lipinski definition) is 4. The number of likely N-dealkylation sites (tertiary alicyclic amines) is 1. The number of nitrogens with one attached hydrogen (secondary N) is 1. The molecule has 3 aromatic rings. The highest BCUT2D eigenvalue weighted by molar-refractivity contribution is 6.42. The van der Waals surface area contributed by atoms with Gasteiger partial charge in [0.1, 0.15) is 0 Å². The van der Waals surface area contributed by atoms with E-state index in [1.807, 2.05) is 66.7 Å². The Hall–Kier alpha value is -2.90. The molecule has 2 aliphatic rings. The van der Waals surface area contributed by atoms with Crippen LogP contribution in [0.4, 0.5) is 0 Å². The first kappa shape index (κ1) is 29.6. The summed E-state index contributed by atoms with van der Waals surface area (Å²) in [6.45, 7) is 5.59. The number of likely N-dealkylation sites (N-methyl/N-ethyl adjacent to an activating group) is 1. The zero-order valence-corrected chi connectivity index (χ0v) is 25.2. The third kappa shape index (κ3) is 6.62. The van der Waals surface area contributed by atoms with Gasteiger partial charge >= 0.3 is 0 Å². The van der Waals surface area contributed by atoms with E-state index >= 15 is 0 Å². The van der Waals surface area contributed by atoms with Crippen LogP contribution in [-0.2, 0) is 10.3 Å². The number of carbonyl (C=O) groups is 2. The van der Waals surface area contributed by atoms with E-state index in [0.717, 1.165) is 56.6 Å². The monoisotopic (exact) mass is 592 g/mol. The van der Waals surface area contributed by atoms with Crippen molar-refractivity contribution < 1.29 is 9.59 Å². The van der Waals surface area contributed by atoms with Crippen LogP contribution in [0.25, 0.3) is 0 Å². The van der Waals surface area contributed by atoms with Gasteiger partial charge in [0, 0.05) is 45.2 Å². The molecular weight excluding hydrogens is 555 g/mol. The second-order valence-corrected chi connectivity index (χ2v) is 12.1. The Morgan fingerprint density at radius 2 is 1.54 bits per heavy atom. The minimum Gasteiger partial charge on any atom is -0.347 e. The SMILES string of the molecule is CC(=O)NC1(c2ccccc2)CCN(CCC2C(c3ccc(Cl)c(Cl)c3)N(C)CCN2C(=O)c2ccccc2)CC1. The van der Waals surface area contributed by atoms with E-state index in [-0.39, 0.29) is 29.4 Å². The summed E-state index contributed by atoms with van der Waals surface area (Å²) in [5.74, 6) is 0.0493. The highest BCUT2D eigenvalue weighted by atomic mass is 35.5. The van der Waals surface area contributed by atoms with Crippen molar-refractivity contribution in [1.82, 2.24) is 20.0 Å². The zero-order chi connectivity index (χ0) is 29.0. The van der Waals surface area contributed by atoms with Crippen LogP contribution >= 0.6 is 23.2 Å². The van der Waals surface area contributed by atoms with Crippen molar-refractivity contribution in [1.29, 1.82) is 0 Å². The fourth-order valence-corrected chi connectivity index (χ4v) is 6.88. The van der Waals surface area contributed by atoms with Gasteiger partial charge in [-0.1, -0.05) is 77.8 Å². The summed E-state index contributed by atoms with van der Waals surface area (Å²) >= 11 is 12.7. The normalized spacial score (nSPS) is 21.4. The minimum absolute atomic E-state index is 0.00733. The van der Waals surface area contributed by atoms with Gasteiger partial charge in [-0.2, -0.15) is 0 Å². The number of piperidine rings is 1. The fraction of sp³-hybridized carbons (Fsp3) is 0.394. The summed E-state index contributed by atoms with van der Waals surface area (Å²) in [6.07, 6.45) is 2.49. The van der Waals surface area contributed by atoms with Crippen LogP contribution in [-0.4, -0.2) is 72.3 Å². The molecule has 2 atom stereocenters. The number of carbonyl (C=O) groups excluding carboxylic acids is 2. The molecule has 2 fully saturated rings. The largest absolute Gasteiger partial charge is 0.347 e. The third-order valence-corrected chi connectivity index (χ3v) is 9.43. The molecule has 0 radical (unpaired) electrons. The molecular formula is C33H38Cl2N4O2. The number of benzene rings is 3. The molecule has 5 rings (SSSR count). The second kappa shape index (κ2) is 13.0. The number of halogens is 2. The average molecular weight is 594 g/mol. The van der Waals surface area contributed by atoms with Gasteiger partial charge in [-0.15, -0.1) is 0 Å². The minimum atomic E-state index is -0.355. The summed E-state index contributed by atoms with van der Waals surface area (Å²) in [5, 5.41) is 4.32. The number of hydrogen-bond donors (Lipinski definition) is 1. The highest BCUT2D eigenvalue weighted by Crippen LogP contribution is 2.37. The van der Waals surface area contributed by atoms with Crippen LogP contribution in [0.15, 0.2) is 78.9 Å². The lowest BCUT2D eigenvalue weighted by Crippen LogP contribution is -2.57. The molecule has 3 aromatic carbocycles. The second-order valence-electron chi connectivity index (χ2n) is 11.3. The first-order valence-corrected chi connectivity index (χ1v) is 15.1. The first-order valence-electron chi connectivity index (χ1n) is 14.4. The Morgan fingerprint density at radius 1 is 0.878 bits per heavy atom. The van der Waals surface area contributed by atoms with E-state index < -0.39 is 0 Å². The number of amides is 2. The molecule has 0 saturated carbocycles. The van der Waals surface area contributed by atoms with E-state index in [4.69, 9.17) is 23.2 Å². The smallest absolute Gasteiger partial charge is 0.254 e. The molecule has 8 heteroatoms. The number of rotatable bonds is 7. The lowest BCUT2D eigenvalue weighted by Gasteiger charge is -2.48. The summed E-state index contributed by atoms with van der Waals surface area (Å²) < 4.78 is 0. The van der Waals surface area contributed by atoms with E-state index in [2.05, 4.69) is 39.2 Å². The van der Waals surface area contributed by atoms with Crippen LogP contribution in [0, 0.1) is 0 Å². The van der Waals surface area contributed by atoms with Crippen LogP contribution < -0.4 is 5.32 Å². The molecule has 0 aliphatic carbocycles. The molecule has 0 aromatic heterocycles. The molecule has 41 heavy (non-hydrogen) atoms. The van der Waals surface area contributed by atoms with Gasteiger partial charge in [-0.05, 0) is 61.7 Å². The number of nitrogens with zero attached hydrogens (tertiary/aromatic N) is 3. The molecule has 0 spiro atoms. The van der Waals surface area contributed by atoms with E-state index in [1.165, 1.54) is 0 Å². The van der Waals surface area contributed by atoms with Gasteiger partial charge in [-0.25, -0.2) is 0 Å². The van der Waals surface area contributed by atoms with Gasteiger partial charge in [-0.3, -0.25) is 14.5 Å². The Labute approximate surface area is 253 Å². The fourth-order valence-electron chi connectivity index (χ4n) is 6.57. The Balaban J connectivity index is 1.37. The lowest BCUT2D eigenvalue weighted by molar-refractivity contribution is -0.121. The van der Waals surface area contributed by atoms with Crippen molar-refractivity contribution in [2.45, 2.75) is 43.8 Å². The summed E-state index contributed by atoms with van der Waals surface area (Å²) in [4.78, 5) is 32.8. The lowest BCUT2D eigenvalue weighted by atomic mass is 9.80. The summed E-state index contributed by atoms with van der Waals surface area (Å²) in [6, 6.07) is 25.6. The van der Waals surface area contributed by atoms with Gasteiger partial charge in [0.05, 0.1) is 27.7 Å². The molecule has 2 unspecified atom stereocenters. The molecule has 6 nitrogen and oxygen atoms in total. The van der Waals surface area contributed by atoms with Crippen molar-refractivity contribution in [3.8, 4) is 0 Å². The van der Waals surface area contributed by atoms with E-state index in [1.54, 1.807) is 6.92 Å². The topological polar surface area (TPSA) is 55.9 Å². The Bertz CT molecular complexity index is 1350. The van der Waals surface area contributed by atoms with Crippen molar-refractivity contribution in [3.05, 3.63) is 106 Å². The Morgan fingerprint density at radius 3 is 2.17 bits per heavy atom. The summed E-state index contributed by atoms with van der Waals surface area (Å²) in [5.41, 5.74) is 2.57. The van der Waals surface area contributed by atoms with Gasteiger partial charge in [0.2, 0.25) is 5.91 Å². The van der Waals surface area contributed by atoms with Crippen molar-refractivity contribution >= 4 is 35.0 Å². The molecule has 0 bridgehead atoms.